The first-order chi connectivity index (χ1) is 5.55. The molecule has 1 amide bonds. The second-order valence-electron chi connectivity index (χ2n) is 2.57. The third-order valence-corrected chi connectivity index (χ3v) is 1.60. The van der Waals surface area contributed by atoms with Crippen LogP contribution >= 0.6 is 0 Å². The minimum Gasteiger partial charge on any atom is -0.277 e. The molecule has 1 N–H and O–H groups in total. The summed E-state index contributed by atoms with van der Waals surface area (Å²) in [7, 11) is 1.26. The average Bonchev–Trinajstić information content (AvgIpc) is 2.31. The average molecular weight is 177 g/mol. The highest BCUT2D eigenvalue weighted by atomic mass is 19.3. The Morgan fingerprint density at radius 1 is 1.75 bits per heavy atom. The van der Waals surface area contributed by atoms with Crippen LogP contribution in [0.25, 0.3) is 0 Å². The van der Waals surface area contributed by atoms with E-state index < -0.39 is 11.8 Å². The van der Waals surface area contributed by atoms with E-state index >= 15 is 0 Å². The monoisotopic (exact) mass is 177 g/mol. The van der Waals surface area contributed by atoms with E-state index in [-0.39, 0.29) is 18.4 Å². The van der Waals surface area contributed by atoms with Crippen molar-refractivity contribution in [3.8, 4) is 0 Å². The number of nitrogens with one attached hydrogen (secondary N) is 1. The third-order valence-electron chi connectivity index (χ3n) is 1.60. The van der Waals surface area contributed by atoms with Gasteiger partial charge < -0.3 is 0 Å². The zero-order chi connectivity index (χ0) is 9.19. The second kappa shape index (κ2) is 3.18. The largest absolute Gasteiger partial charge is 0.277 e. The van der Waals surface area contributed by atoms with Crippen LogP contribution in [0.3, 0.4) is 0 Å². The van der Waals surface area contributed by atoms with Crippen LogP contribution in [-0.4, -0.2) is 18.9 Å². The lowest BCUT2D eigenvalue weighted by atomic mass is 10.2. The predicted octanol–water partition coefficient (Wildman–Crippen LogP) is 1.02. The predicted molar refractivity (Wildman–Crippen MR) is 37.4 cm³/mol. The van der Waals surface area contributed by atoms with Crippen LogP contribution in [0.4, 0.5) is 8.78 Å². The number of allylic oxidation sites excluding steroid dienone is 1. The maximum absolute atomic E-state index is 12.5. The van der Waals surface area contributed by atoms with E-state index in [4.69, 9.17) is 0 Å². The number of carbonyl (C=O) groups excluding carboxylic acids is 1. The normalized spacial score (nSPS) is 20.4. The third kappa shape index (κ3) is 2.01. The summed E-state index contributed by atoms with van der Waals surface area (Å²) < 4.78 is 25.0. The number of rotatable bonds is 2. The van der Waals surface area contributed by atoms with Gasteiger partial charge in [-0.2, -0.15) is 0 Å². The van der Waals surface area contributed by atoms with Crippen molar-refractivity contribution >= 4 is 5.91 Å². The summed E-state index contributed by atoms with van der Waals surface area (Å²) in [6, 6.07) is 0. The van der Waals surface area contributed by atoms with Gasteiger partial charge in [-0.3, -0.25) is 9.63 Å². The van der Waals surface area contributed by atoms with Crippen molar-refractivity contribution in [1.82, 2.24) is 5.48 Å². The second-order valence-corrected chi connectivity index (χ2v) is 2.57. The maximum atomic E-state index is 12.5. The van der Waals surface area contributed by atoms with Crippen LogP contribution in [-0.2, 0) is 9.63 Å². The molecule has 0 bridgehead atoms. The van der Waals surface area contributed by atoms with Crippen LogP contribution in [0.5, 0.6) is 0 Å². The minimum atomic E-state index is -2.83. The standard InChI is InChI=1S/C7H9F2NO2/c1-12-10-6(11)5-2-3-7(8,9)4-5/h4H,2-3H2,1H3,(H,10,11). The lowest BCUT2D eigenvalue weighted by Crippen LogP contribution is -2.22. The molecule has 5 heteroatoms. The van der Waals surface area contributed by atoms with Gasteiger partial charge in [-0.1, -0.05) is 0 Å². The smallest absolute Gasteiger partial charge is 0.270 e. The van der Waals surface area contributed by atoms with Crippen molar-refractivity contribution < 1.29 is 18.4 Å². The summed E-state index contributed by atoms with van der Waals surface area (Å²) >= 11 is 0. The zero-order valence-corrected chi connectivity index (χ0v) is 6.56. The summed E-state index contributed by atoms with van der Waals surface area (Å²) in [4.78, 5) is 15.2. The highest BCUT2D eigenvalue weighted by molar-refractivity contribution is 5.93. The number of carbonyl (C=O) groups is 1. The molecule has 0 saturated carbocycles. The number of amides is 1. The molecule has 1 rings (SSSR count). The Morgan fingerprint density at radius 3 is 2.83 bits per heavy atom. The number of hydroxylamine groups is 1. The molecule has 68 valence electrons. The first kappa shape index (κ1) is 9.12. The molecule has 0 aromatic carbocycles. The molecule has 0 radical (unpaired) electrons. The van der Waals surface area contributed by atoms with E-state index in [2.05, 4.69) is 4.84 Å². The fraction of sp³-hybridized carbons (Fsp3) is 0.571. The lowest BCUT2D eigenvalue weighted by Gasteiger charge is -2.00. The van der Waals surface area contributed by atoms with Gasteiger partial charge >= 0.3 is 0 Å². The molecule has 1 aliphatic rings. The molecule has 0 aromatic heterocycles. The first-order valence-corrected chi connectivity index (χ1v) is 3.48. The quantitative estimate of drug-likeness (QED) is 0.639. The van der Waals surface area contributed by atoms with Crippen molar-refractivity contribution in [2.45, 2.75) is 18.8 Å². The molecule has 0 atom stereocenters. The van der Waals surface area contributed by atoms with E-state index in [1.807, 2.05) is 5.48 Å². The van der Waals surface area contributed by atoms with E-state index in [9.17, 15) is 13.6 Å². The molecule has 0 heterocycles. The van der Waals surface area contributed by atoms with Gasteiger partial charge in [-0.05, 0) is 12.5 Å². The first-order valence-electron chi connectivity index (χ1n) is 3.48. The lowest BCUT2D eigenvalue weighted by molar-refractivity contribution is -0.127. The van der Waals surface area contributed by atoms with Gasteiger partial charge in [0.25, 0.3) is 11.8 Å². The van der Waals surface area contributed by atoms with Crippen LogP contribution < -0.4 is 5.48 Å². The molecule has 0 aromatic rings. The molecular formula is C7H9F2NO2. The van der Waals surface area contributed by atoms with Gasteiger partial charge in [0.05, 0.1) is 7.11 Å². The molecule has 3 nitrogen and oxygen atoms in total. The maximum Gasteiger partial charge on any atom is 0.270 e. The SMILES string of the molecule is CONC(=O)C1=CC(F)(F)CC1. The van der Waals surface area contributed by atoms with Crippen LogP contribution in [0.15, 0.2) is 11.6 Å². The molecular weight excluding hydrogens is 168 g/mol. The molecule has 1 aliphatic carbocycles. The Morgan fingerprint density at radius 2 is 2.42 bits per heavy atom. The summed E-state index contributed by atoms with van der Waals surface area (Å²) in [5.41, 5.74) is 2.07. The van der Waals surface area contributed by atoms with E-state index in [1.54, 1.807) is 0 Å². The van der Waals surface area contributed by atoms with Crippen molar-refractivity contribution in [3.05, 3.63) is 11.6 Å². The van der Waals surface area contributed by atoms with Crippen molar-refractivity contribution in [2.24, 2.45) is 0 Å². The zero-order valence-electron chi connectivity index (χ0n) is 6.56. The molecule has 0 saturated heterocycles. The number of hydrogen-bond donors (Lipinski definition) is 1. The Hall–Kier alpha value is -0.970. The van der Waals surface area contributed by atoms with Crippen molar-refractivity contribution in [3.63, 3.8) is 0 Å². The Labute approximate surface area is 68.3 Å². The highest BCUT2D eigenvalue weighted by Crippen LogP contribution is 2.32. The Balaban J connectivity index is 2.60. The number of hydrogen-bond acceptors (Lipinski definition) is 2. The molecule has 0 spiro atoms. The fourth-order valence-corrected chi connectivity index (χ4v) is 1.04. The molecule has 0 unspecified atom stereocenters. The van der Waals surface area contributed by atoms with Gasteiger partial charge in [-0.15, -0.1) is 0 Å². The number of alkyl halides is 2. The van der Waals surface area contributed by atoms with E-state index in [0.717, 1.165) is 0 Å². The van der Waals surface area contributed by atoms with Gasteiger partial charge in [0.15, 0.2) is 0 Å². The molecule has 0 fully saturated rings. The van der Waals surface area contributed by atoms with Crippen molar-refractivity contribution in [2.75, 3.05) is 7.11 Å². The van der Waals surface area contributed by atoms with Crippen molar-refractivity contribution in [1.29, 1.82) is 0 Å². The van der Waals surface area contributed by atoms with E-state index in [1.165, 1.54) is 7.11 Å². The Bertz CT molecular complexity index is 225. The Kier molecular flexibility index (Phi) is 2.42. The summed E-state index contributed by atoms with van der Waals surface area (Å²) in [5, 5.41) is 0. The van der Waals surface area contributed by atoms with Gasteiger partial charge in [-0.25, -0.2) is 14.3 Å². The highest BCUT2D eigenvalue weighted by Gasteiger charge is 2.34. The van der Waals surface area contributed by atoms with Gasteiger partial charge in [0, 0.05) is 12.0 Å². The fourth-order valence-electron chi connectivity index (χ4n) is 1.04. The van der Waals surface area contributed by atoms with E-state index in [0.29, 0.717) is 6.08 Å². The minimum absolute atomic E-state index is 0.0850. The number of halogens is 2. The molecule has 12 heavy (non-hydrogen) atoms. The van der Waals surface area contributed by atoms with Crippen LogP contribution in [0, 0.1) is 0 Å². The topological polar surface area (TPSA) is 38.3 Å². The van der Waals surface area contributed by atoms with Gasteiger partial charge in [0.2, 0.25) is 0 Å². The summed E-state index contributed by atoms with van der Waals surface area (Å²) in [6.07, 6.45) is 0.489. The van der Waals surface area contributed by atoms with Crippen LogP contribution in [0.2, 0.25) is 0 Å². The van der Waals surface area contributed by atoms with Crippen LogP contribution in [0.1, 0.15) is 12.8 Å². The van der Waals surface area contributed by atoms with Gasteiger partial charge in [0.1, 0.15) is 0 Å². The summed E-state index contributed by atoms with van der Waals surface area (Å²) in [6.45, 7) is 0. The summed E-state index contributed by atoms with van der Waals surface area (Å²) in [5.74, 6) is -3.42. The molecule has 0 aliphatic heterocycles.